The number of carbonyl (C=O) groups excluding carboxylic acids is 1. The summed E-state index contributed by atoms with van der Waals surface area (Å²) >= 11 is 0. The number of phenolic OH excluding ortho intramolecular Hbond substituents is 3. The predicted octanol–water partition coefficient (Wildman–Crippen LogP) is 3.77. The van der Waals surface area contributed by atoms with Crippen LogP contribution < -0.4 is 15.1 Å². The van der Waals surface area contributed by atoms with Crippen molar-refractivity contribution in [2.75, 3.05) is 7.11 Å². The first kappa shape index (κ1) is 22.1. The predicted molar refractivity (Wildman–Crippen MR) is 123 cm³/mol. The van der Waals surface area contributed by atoms with Gasteiger partial charge < -0.3 is 33.9 Å². The molecule has 0 unspecified atom stereocenters. The molecule has 0 bridgehead atoms. The number of fused-ring (bicyclic) bond motifs is 2. The topological polar surface area (TPSA) is 136 Å². The highest BCUT2D eigenvalue weighted by Gasteiger charge is 2.61. The number of hydrogen-bond donors (Lipinski definition) is 3. The molecule has 9 heteroatoms. The molecule has 2 aromatic carbocycles. The number of ether oxygens (including phenoxy) is 3. The van der Waals surface area contributed by atoms with Crippen LogP contribution in [0.25, 0.3) is 12.2 Å². The molecule has 1 spiro atoms. The van der Waals surface area contributed by atoms with Gasteiger partial charge in [0.05, 0.1) is 12.9 Å². The second-order valence-corrected chi connectivity index (χ2v) is 8.14. The molecule has 35 heavy (non-hydrogen) atoms. The average molecular weight is 476 g/mol. The maximum absolute atomic E-state index is 13.1. The lowest BCUT2D eigenvalue weighted by atomic mass is 9.84. The molecule has 0 fully saturated rings. The molecule has 1 aromatic heterocycles. The fraction of sp³-hybridized carbons (Fsp3) is 0.154. The molecule has 2 atom stereocenters. The zero-order valence-electron chi connectivity index (χ0n) is 18.6. The minimum Gasteiger partial charge on any atom is -0.504 e. The van der Waals surface area contributed by atoms with E-state index >= 15 is 0 Å². The molecule has 0 radical (unpaired) electrons. The van der Waals surface area contributed by atoms with Gasteiger partial charge in [0.25, 0.3) is 0 Å². The Morgan fingerprint density at radius 3 is 2.43 bits per heavy atom. The molecule has 2 aliphatic heterocycles. The van der Waals surface area contributed by atoms with Crippen LogP contribution in [0.2, 0.25) is 0 Å². The third-order valence-corrected chi connectivity index (χ3v) is 5.89. The maximum atomic E-state index is 13.1. The number of allylic oxidation sites excluding steroid dienone is 1. The van der Waals surface area contributed by atoms with Gasteiger partial charge in [-0.3, -0.25) is 4.79 Å². The van der Waals surface area contributed by atoms with Crippen molar-refractivity contribution in [3.05, 3.63) is 87.2 Å². The summed E-state index contributed by atoms with van der Waals surface area (Å²) in [4.78, 5) is 26.2. The number of carbonyl (C=O) groups is 1. The molecule has 3 heterocycles. The zero-order valence-corrected chi connectivity index (χ0v) is 18.6. The van der Waals surface area contributed by atoms with Crippen LogP contribution in [0, 0.1) is 0 Å². The second-order valence-electron chi connectivity index (χ2n) is 8.14. The molecule has 3 N–H and O–H groups in total. The highest BCUT2D eigenvalue weighted by molar-refractivity contribution is 6.02. The summed E-state index contributed by atoms with van der Waals surface area (Å²) in [5.74, 6) is -0.437. The van der Waals surface area contributed by atoms with E-state index in [4.69, 9.17) is 18.6 Å². The van der Waals surface area contributed by atoms with Gasteiger partial charge in [-0.2, -0.15) is 0 Å². The molecular weight excluding hydrogens is 456 g/mol. The van der Waals surface area contributed by atoms with Crippen molar-refractivity contribution < 1.29 is 38.7 Å². The standard InChI is InChI=1S/C26H20O9/c1-13-9-22(30)26(35-13)23-21(34-24(26)15-5-8-17(27)19(29)11-15)12-16(33-25(23)31)6-3-14-4-7-18(28)20(10-14)32-2/h3-12,24,27-29H,1-2H3/b6-3+/t24-,26-/m1/s1. The Hall–Kier alpha value is -4.66. The number of rotatable bonds is 4. The van der Waals surface area contributed by atoms with Crippen LogP contribution in [0.5, 0.6) is 28.7 Å². The first-order valence-electron chi connectivity index (χ1n) is 10.6. The van der Waals surface area contributed by atoms with Gasteiger partial charge in [0, 0.05) is 17.7 Å². The van der Waals surface area contributed by atoms with E-state index in [1.54, 1.807) is 25.1 Å². The largest absolute Gasteiger partial charge is 0.504 e. The molecule has 178 valence electrons. The maximum Gasteiger partial charge on any atom is 0.347 e. The normalized spacial score (nSPS) is 20.6. The monoisotopic (exact) mass is 476 g/mol. The van der Waals surface area contributed by atoms with Crippen LogP contribution in [0.15, 0.2) is 63.5 Å². The van der Waals surface area contributed by atoms with Crippen LogP contribution in [0.3, 0.4) is 0 Å². The number of methoxy groups -OCH3 is 1. The fourth-order valence-electron chi connectivity index (χ4n) is 4.31. The van der Waals surface area contributed by atoms with Gasteiger partial charge in [0.15, 0.2) is 29.1 Å². The highest BCUT2D eigenvalue weighted by Crippen LogP contribution is 2.54. The Balaban J connectivity index is 1.58. The average Bonchev–Trinajstić information content (AvgIpc) is 3.31. The van der Waals surface area contributed by atoms with Gasteiger partial charge in [0.2, 0.25) is 11.4 Å². The van der Waals surface area contributed by atoms with Crippen molar-refractivity contribution in [3.63, 3.8) is 0 Å². The molecule has 2 aliphatic rings. The van der Waals surface area contributed by atoms with Crippen molar-refractivity contribution in [2.45, 2.75) is 18.6 Å². The van der Waals surface area contributed by atoms with E-state index in [0.717, 1.165) is 0 Å². The Morgan fingerprint density at radius 2 is 1.74 bits per heavy atom. The molecule has 3 aromatic rings. The highest BCUT2D eigenvalue weighted by atomic mass is 16.6. The van der Waals surface area contributed by atoms with E-state index in [9.17, 15) is 24.9 Å². The van der Waals surface area contributed by atoms with Crippen molar-refractivity contribution in [3.8, 4) is 28.7 Å². The van der Waals surface area contributed by atoms with Gasteiger partial charge in [-0.05, 0) is 42.8 Å². The number of phenols is 3. The minimum absolute atomic E-state index is 0.0103. The summed E-state index contributed by atoms with van der Waals surface area (Å²) in [6.45, 7) is 1.58. The summed E-state index contributed by atoms with van der Waals surface area (Å²) in [6.07, 6.45) is 3.34. The first-order chi connectivity index (χ1) is 16.7. The summed E-state index contributed by atoms with van der Waals surface area (Å²) in [5.41, 5.74) is -1.73. The third-order valence-electron chi connectivity index (χ3n) is 5.89. The van der Waals surface area contributed by atoms with Crippen LogP contribution in [-0.2, 0) is 15.1 Å². The molecular formula is C26H20O9. The van der Waals surface area contributed by atoms with Crippen LogP contribution in [0.1, 0.15) is 35.5 Å². The minimum atomic E-state index is -1.82. The lowest BCUT2D eigenvalue weighted by Crippen LogP contribution is -2.41. The van der Waals surface area contributed by atoms with Gasteiger partial charge in [-0.1, -0.05) is 18.2 Å². The molecule has 0 saturated heterocycles. The van der Waals surface area contributed by atoms with E-state index in [0.29, 0.717) is 16.9 Å². The van der Waals surface area contributed by atoms with E-state index in [1.807, 2.05) is 0 Å². The molecule has 5 rings (SSSR count). The van der Waals surface area contributed by atoms with E-state index in [2.05, 4.69) is 0 Å². The fourth-order valence-corrected chi connectivity index (χ4v) is 4.31. The molecule has 0 saturated carbocycles. The number of aromatic hydroxyl groups is 3. The van der Waals surface area contributed by atoms with E-state index in [1.165, 1.54) is 49.6 Å². The van der Waals surface area contributed by atoms with Crippen LogP contribution in [0.4, 0.5) is 0 Å². The van der Waals surface area contributed by atoms with Gasteiger partial charge >= 0.3 is 5.63 Å². The quantitative estimate of drug-likeness (QED) is 0.481. The summed E-state index contributed by atoms with van der Waals surface area (Å²) in [5, 5.41) is 29.5. The first-order valence-corrected chi connectivity index (χ1v) is 10.6. The Kier molecular flexibility index (Phi) is 5.05. The SMILES string of the molecule is COc1cc(/C=C/c2cc3c(c(=O)o2)[C@@]2(OC(C)=CC2=O)[C@@H](c2ccc(O)c(O)c2)O3)ccc1O. The number of hydrogen-bond acceptors (Lipinski definition) is 9. The van der Waals surface area contributed by atoms with E-state index in [-0.39, 0.29) is 34.3 Å². The Labute approximate surface area is 198 Å². The lowest BCUT2D eigenvalue weighted by molar-refractivity contribution is -0.139. The number of benzene rings is 2. The molecule has 0 aliphatic carbocycles. The van der Waals surface area contributed by atoms with Crippen molar-refractivity contribution in [1.29, 1.82) is 0 Å². The summed E-state index contributed by atoms with van der Waals surface area (Å²) < 4.78 is 22.5. The van der Waals surface area contributed by atoms with Crippen LogP contribution >= 0.6 is 0 Å². The Morgan fingerprint density at radius 1 is 0.971 bits per heavy atom. The lowest BCUT2D eigenvalue weighted by Gasteiger charge is -2.28. The Bertz CT molecular complexity index is 1480. The third kappa shape index (κ3) is 3.48. The zero-order chi connectivity index (χ0) is 24.9. The van der Waals surface area contributed by atoms with Gasteiger partial charge in [0.1, 0.15) is 17.1 Å². The van der Waals surface area contributed by atoms with Crippen LogP contribution in [-0.4, -0.2) is 28.2 Å². The van der Waals surface area contributed by atoms with Crippen molar-refractivity contribution >= 4 is 17.9 Å². The van der Waals surface area contributed by atoms with Crippen molar-refractivity contribution in [2.24, 2.45) is 0 Å². The number of ketones is 1. The molecule has 0 amide bonds. The van der Waals surface area contributed by atoms with Crippen molar-refractivity contribution in [1.82, 2.24) is 0 Å². The summed E-state index contributed by atoms with van der Waals surface area (Å²) in [6, 6.07) is 10.2. The van der Waals surface area contributed by atoms with Gasteiger partial charge in [-0.15, -0.1) is 0 Å². The second kappa shape index (κ2) is 7.98. The van der Waals surface area contributed by atoms with Gasteiger partial charge in [-0.25, -0.2) is 4.79 Å². The summed E-state index contributed by atoms with van der Waals surface area (Å²) in [7, 11) is 1.43. The van der Waals surface area contributed by atoms with E-state index < -0.39 is 28.9 Å². The smallest absolute Gasteiger partial charge is 0.347 e. The molecule has 9 nitrogen and oxygen atoms in total.